The van der Waals surface area contributed by atoms with Crippen molar-refractivity contribution in [1.82, 2.24) is 0 Å². The number of anilines is 1. The summed E-state index contributed by atoms with van der Waals surface area (Å²) in [5, 5.41) is 11.3. The zero-order valence-electron chi connectivity index (χ0n) is 19.3. The Morgan fingerprint density at radius 1 is 1.00 bits per heavy atom. The van der Waals surface area contributed by atoms with Crippen molar-refractivity contribution < 1.29 is 37.0 Å². The number of alkyl halides is 3. The molecule has 2 aromatic carbocycles. The van der Waals surface area contributed by atoms with Crippen LogP contribution in [0.4, 0.5) is 18.9 Å². The lowest BCUT2D eigenvalue weighted by Gasteiger charge is -2.24. The number of benzene rings is 2. The van der Waals surface area contributed by atoms with Gasteiger partial charge in [-0.1, -0.05) is 12.1 Å². The Hall–Kier alpha value is -4.01. The fourth-order valence-electron chi connectivity index (χ4n) is 4.81. The average molecular weight is 497 g/mol. The summed E-state index contributed by atoms with van der Waals surface area (Å²) in [6, 6.07) is 12.2. The Morgan fingerprint density at radius 2 is 1.69 bits per heavy atom. The second-order valence-corrected chi connectivity index (χ2v) is 8.85. The molecule has 1 N–H and O–H groups in total. The van der Waals surface area contributed by atoms with E-state index in [4.69, 9.17) is 4.42 Å². The molecule has 0 radical (unpaired) electrons. The molecule has 1 saturated heterocycles. The molecule has 1 aliphatic carbocycles. The topological polar surface area (TPSA) is 80.0 Å². The summed E-state index contributed by atoms with van der Waals surface area (Å²) >= 11 is 0. The summed E-state index contributed by atoms with van der Waals surface area (Å²) in [6.07, 6.45) is -0.945. The van der Waals surface area contributed by atoms with E-state index < -0.39 is 29.8 Å². The summed E-state index contributed by atoms with van der Waals surface area (Å²) in [5.41, 5.74) is 2.69. The van der Waals surface area contributed by atoms with Gasteiger partial charge in [0.1, 0.15) is 29.1 Å². The van der Waals surface area contributed by atoms with Crippen molar-refractivity contribution in [1.29, 1.82) is 0 Å². The third-order valence-corrected chi connectivity index (χ3v) is 6.45. The van der Waals surface area contributed by atoms with Crippen LogP contribution in [-0.2, 0) is 22.4 Å². The van der Waals surface area contributed by atoms with E-state index in [-0.39, 0.29) is 22.8 Å². The average Bonchev–Trinajstić information content (AvgIpc) is 3.38. The molecule has 3 aromatic rings. The second-order valence-electron chi connectivity index (χ2n) is 8.85. The maximum absolute atomic E-state index is 13.2. The third kappa shape index (κ3) is 4.36. The van der Waals surface area contributed by atoms with Crippen LogP contribution in [0.1, 0.15) is 47.1 Å². The summed E-state index contributed by atoms with van der Waals surface area (Å²) in [4.78, 5) is 27.5. The van der Waals surface area contributed by atoms with E-state index in [9.17, 15) is 27.9 Å². The van der Waals surface area contributed by atoms with Crippen LogP contribution >= 0.6 is 0 Å². The van der Waals surface area contributed by atoms with Crippen LogP contribution in [0.5, 0.6) is 5.75 Å². The summed E-state index contributed by atoms with van der Waals surface area (Å²) in [5.74, 6) is -1.89. The number of halogens is 3. The number of aliphatic hydroxyl groups excluding tert-OH is 1. The number of Topliss-reactive ketones (excluding diaryl/α,β-unsaturated/α-hetero) is 1. The molecule has 5 rings (SSSR count). The highest BCUT2D eigenvalue weighted by atomic mass is 19.4. The molecule has 6 nitrogen and oxygen atoms in total. The van der Waals surface area contributed by atoms with Crippen molar-refractivity contribution in [2.45, 2.75) is 45.0 Å². The predicted molar refractivity (Wildman–Crippen MR) is 124 cm³/mol. The number of hydrogen-bond acceptors (Lipinski definition) is 5. The van der Waals surface area contributed by atoms with Gasteiger partial charge in [0, 0.05) is 11.3 Å². The number of carbonyl (C=O) groups excluding carboxylic acids is 2. The van der Waals surface area contributed by atoms with E-state index in [1.807, 2.05) is 12.1 Å². The molecule has 0 saturated carbocycles. The first-order valence-corrected chi connectivity index (χ1v) is 11.5. The van der Waals surface area contributed by atoms with E-state index in [2.05, 4.69) is 4.74 Å². The lowest BCUT2D eigenvalue weighted by atomic mass is 9.89. The number of ketones is 1. The van der Waals surface area contributed by atoms with Crippen molar-refractivity contribution in [2.75, 3.05) is 4.90 Å². The van der Waals surface area contributed by atoms with E-state index in [1.54, 1.807) is 25.1 Å². The predicted octanol–water partition coefficient (Wildman–Crippen LogP) is 5.99. The lowest BCUT2D eigenvalue weighted by molar-refractivity contribution is -0.274. The van der Waals surface area contributed by atoms with Gasteiger partial charge >= 0.3 is 6.36 Å². The Labute approximate surface area is 204 Å². The number of carbonyl (C=O) groups is 2. The van der Waals surface area contributed by atoms with E-state index in [1.165, 1.54) is 17.7 Å². The second kappa shape index (κ2) is 8.89. The smallest absolute Gasteiger partial charge is 0.507 e. The number of nitrogens with zero attached hydrogens (tertiary/aromatic N) is 1. The fraction of sp³-hybridized carbons (Fsp3) is 0.259. The van der Waals surface area contributed by atoms with Crippen LogP contribution in [-0.4, -0.2) is 23.2 Å². The normalized spacial score (nSPS) is 19.4. The van der Waals surface area contributed by atoms with Gasteiger partial charge in [-0.15, -0.1) is 13.2 Å². The number of fused-ring (bicyclic) bond motifs is 1. The van der Waals surface area contributed by atoms with Gasteiger partial charge in [-0.2, -0.15) is 0 Å². The van der Waals surface area contributed by atoms with Gasteiger partial charge in [-0.05, 0) is 86.2 Å². The minimum absolute atomic E-state index is 0.148. The van der Waals surface area contributed by atoms with Crippen LogP contribution in [0.2, 0.25) is 0 Å². The highest BCUT2D eigenvalue weighted by molar-refractivity contribution is 6.51. The van der Waals surface area contributed by atoms with Gasteiger partial charge in [-0.3, -0.25) is 14.5 Å². The number of amides is 1. The number of aliphatic hydroxyl groups is 1. The number of rotatable bonds is 4. The van der Waals surface area contributed by atoms with E-state index >= 15 is 0 Å². The quantitative estimate of drug-likeness (QED) is 0.272. The Morgan fingerprint density at radius 3 is 2.33 bits per heavy atom. The van der Waals surface area contributed by atoms with Gasteiger partial charge in [0.05, 0.1) is 5.57 Å². The minimum Gasteiger partial charge on any atom is -0.507 e. The molecule has 2 aliphatic rings. The van der Waals surface area contributed by atoms with Crippen molar-refractivity contribution >= 4 is 23.1 Å². The molecule has 1 aromatic heterocycles. The molecule has 0 bridgehead atoms. The zero-order chi connectivity index (χ0) is 25.6. The largest absolute Gasteiger partial charge is 0.573 e. The fourth-order valence-corrected chi connectivity index (χ4v) is 4.81. The third-order valence-electron chi connectivity index (χ3n) is 6.45. The first-order chi connectivity index (χ1) is 17.1. The van der Waals surface area contributed by atoms with Crippen molar-refractivity contribution in [2.24, 2.45) is 0 Å². The Balaban J connectivity index is 1.60. The standard InChI is InChI=1S/C27H22F3NO5/c1-15-6-13-21(35-15)23-22(24(32)18-8-7-16-4-2-3-5-17(16)14-18)25(33)26(34)31(23)19-9-11-20(12-10-19)36-27(28,29)30/h6-14,23,32H,2-5H2,1H3/b24-22-. The van der Waals surface area contributed by atoms with Gasteiger partial charge < -0.3 is 14.3 Å². The first kappa shape index (κ1) is 23.7. The molecule has 1 fully saturated rings. The highest BCUT2D eigenvalue weighted by Crippen LogP contribution is 2.43. The number of ether oxygens (including phenoxy) is 1. The van der Waals surface area contributed by atoms with E-state index in [0.717, 1.165) is 48.3 Å². The SMILES string of the molecule is Cc1ccc(C2/C(=C(/O)c3ccc4c(c3)CCCC4)C(=O)C(=O)N2c2ccc(OC(F)(F)F)cc2)o1. The molecule has 1 aliphatic heterocycles. The molecular formula is C27H22F3NO5. The molecule has 1 unspecified atom stereocenters. The molecule has 2 heterocycles. The van der Waals surface area contributed by atoms with Crippen molar-refractivity contribution in [3.05, 3.63) is 88.4 Å². The maximum Gasteiger partial charge on any atom is 0.573 e. The van der Waals surface area contributed by atoms with Gasteiger partial charge in [-0.25, -0.2) is 0 Å². The van der Waals surface area contributed by atoms with Crippen LogP contribution in [0.15, 0.2) is 64.6 Å². The molecule has 36 heavy (non-hydrogen) atoms. The maximum atomic E-state index is 13.2. The summed E-state index contributed by atoms with van der Waals surface area (Å²) in [6.45, 7) is 1.70. The molecular weight excluding hydrogens is 475 g/mol. The van der Waals surface area contributed by atoms with E-state index in [0.29, 0.717) is 11.3 Å². The Bertz CT molecular complexity index is 1370. The monoisotopic (exact) mass is 497 g/mol. The number of aryl methyl sites for hydroxylation is 3. The highest BCUT2D eigenvalue weighted by Gasteiger charge is 2.48. The molecule has 1 atom stereocenters. The van der Waals surface area contributed by atoms with Gasteiger partial charge in [0.25, 0.3) is 11.7 Å². The number of hydrogen-bond donors (Lipinski definition) is 1. The van der Waals surface area contributed by atoms with Crippen LogP contribution in [0.25, 0.3) is 5.76 Å². The molecule has 9 heteroatoms. The summed E-state index contributed by atoms with van der Waals surface area (Å²) in [7, 11) is 0. The first-order valence-electron chi connectivity index (χ1n) is 11.5. The molecule has 0 spiro atoms. The summed E-state index contributed by atoms with van der Waals surface area (Å²) < 4.78 is 47.4. The van der Waals surface area contributed by atoms with Gasteiger partial charge in [0.15, 0.2) is 0 Å². The molecule has 1 amide bonds. The van der Waals surface area contributed by atoms with Crippen LogP contribution < -0.4 is 9.64 Å². The Kier molecular flexibility index (Phi) is 5.86. The van der Waals surface area contributed by atoms with Crippen molar-refractivity contribution in [3.8, 4) is 5.75 Å². The zero-order valence-corrected chi connectivity index (χ0v) is 19.3. The van der Waals surface area contributed by atoms with Gasteiger partial charge in [0.2, 0.25) is 0 Å². The van der Waals surface area contributed by atoms with Crippen LogP contribution in [0, 0.1) is 6.92 Å². The minimum atomic E-state index is -4.87. The van der Waals surface area contributed by atoms with Crippen LogP contribution in [0.3, 0.4) is 0 Å². The number of furan rings is 1. The molecule has 186 valence electrons. The van der Waals surface area contributed by atoms with Crippen molar-refractivity contribution in [3.63, 3.8) is 0 Å². The lowest BCUT2D eigenvalue weighted by Crippen LogP contribution is -2.29.